The van der Waals surface area contributed by atoms with Gasteiger partial charge in [-0.25, -0.2) is 41.8 Å². The minimum absolute atomic E-state index is 0. The van der Waals surface area contributed by atoms with Gasteiger partial charge in [0.15, 0.2) is 11.6 Å². The van der Waals surface area contributed by atoms with Crippen LogP contribution in [-0.2, 0) is 21.7 Å². The first-order chi connectivity index (χ1) is 30.9. The van der Waals surface area contributed by atoms with E-state index in [-0.39, 0.29) is 68.9 Å². The number of Topliss-reactive ketones (excluding diaryl/α,β-unsaturated/α-hetero) is 2. The van der Waals surface area contributed by atoms with Crippen LogP contribution in [0.5, 0.6) is 0 Å². The van der Waals surface area contributed by atoms with Gasteiger partial charge in [0.25, 0.3) is 0 Å². The predicted octanol–water partition coefficient (Wildman–Crippen LogP) is 12.0. The van der Waals surface area contributed by atoms with E-state index in [9.17, 15) is 36.7 Å². The third-order valence-corrected chi connectivity index (χ3v) is 9.26. The number of carbonyl (C=O) groups is 4. The molecule has 0 saturated carbocycles. The number of aryl methyl sites for hydroxylation is 2. The molecule has 0 aliphatic carbocycles. The summed E-state index contributed by atoms with van der Waals surface area (Å²) < 4.78 is 55.0. The zero-order valence-electron chi connectivity index (χ0n) is 35.4. The van der Waals surface area contributed by atoms with Gasteiger partial charge in [-0.15, -0.1) is 36.4 Å². The SMILES string of the molecule is Cc1ccc(C(=O)CN(C(=O)c2ccccc2)c2ccc(F)[c-]c2F)cc1.Cc1ccc(C(=O)CN(C(=O)c2ccccc2)c2ccc(F)[c-]c2F)cc1.[Ti+4].c1cc[cH-]c1.c1cc[cH-]c1. The monoisotopic (exact) mass is 906 g/mol. The summed E-state index contributed by atoms with van der Waals surface area (Å²) in [6.45, 7) is 3.02. The van der Waals surface area contributed by atoms with Crippen molar-refractivity contribution >= 4 is 34.8 Å². The van der Waals surface area contributed by atoms with Crippen molar-refractivity contribution in [1.29, 1.82) is 0 Å². The van der Waals surface area contributed by atoms with Crippen LogP contribution in [-0.4, -0.2) is 36.5 Å². The van der Waals surface area contributed by atoms with Crippen molar-refractivity contribution in [3.05, 3.63) is 263 Å². The normalized spacial score (nSPS) is 9.94. The number of amides is 2. The van der Waals surface area contributed by atoms with Gasteiger partial charge in [0.2, 0.25) is 11.8 Å². The Morgan fingerprint density at radius 2 is 0.754 bits per heavy atom. The molecule has 8 rings (SSSR count). The maximum absolute atomic E-state index is 14.3. The van der Waals surface area contributed by atoms with Gasteiger partial charge in [-0.2, -0.15) is 36.4 Å². The second kappa shape index (κ2) is 25.7. The van der Waals surface area contributed by atoms with Gasteiger partial charge < -0.3 is 9.80 Å². The molecule has 0 aliphatic heterocycles. The summed E-state index contributed by atoms with van der Waals surface area (Å²) in [5, 5.41) is 0. The minimum atomic E-state index is -1.03. The summed E-state index contributed by atoms with van der Waals surface area (Å²) in [6, 6.07) is 58.2. The molecule has 0 aromatic heterocycles. The zero-order chi connectivity index (χ0) is 45.8. The Morgan fingerprint density at radius 1 is 0.431 bits per heavy atom. The number of anilines is 2. The number of carbonyl (C=O) groups excluding carboxylic acids is 4. The average molecular weight is 907 g/mol. The predicted molar refractivity (Wildman–Crippen MR) is 242 cm³/mol. The Labute approximate surface area is 391 Å². The molecule has 11 heteroatoms. The molecule has 0 atom stereocenters. The third kappa shape index (κ3) is 15.5. The van der Waals surface area contributed by atoms with Crippen LogP contribution in [0.1, 0.15) is 52.6 Å². The smallest absolute Gasteiger partial charge is 0.352 e. The van der Waals surface area contributed by atoms with E-state index >= 15 is 0 Å². The Hall–Kier alpha value is -7.27. The Morgan fingerprint density at radius 3 is 1.03 bits per heavy atom. The van der Waals surface area contributed by atoms with Crippen molar-refractivity contribution in [2.45, 2.75) is 13.8 Å². The number of ketones is 2. The standard InChI is InChI=1S/2C22H16F2NO2.2C5H5.Ti/c2*1-15-7-9-16(10-8-15)21(26)14-25(20-12-11-18(23)13-19(20)24)22(27)17-5-3-2-4-6-17;2*1-2-4-5-3-1;/h2*2-12H,14H2,1H3;2*1-5H;/q4*-1;+4. The van der Waals surface area contributed by atoms with E-state index in [2.05, 4.69) is 0 Å². The fourth-order valence-corrected chi connectivity index (χ4v) is 5.88. The van der Waals surface area contributed by atoms with Crippen LogP contribution in [0.2, 0.25) is 0 Å². The van der Waals surface area contributed by atoms with Gasteiger partial charge in [-0.05, 0) is 49.5 Å². The third-order valence-electron chi connectivity index (χ3n) is 9.26. The van der Waals surface area contributed by atoms with Crippen LogP contribution in [0.25, 0.3) is 0 Å². The van der Waals surface area contributed by atoms with Crippen LogP contribution >= 0.6 is 0 Å². The molecule has 65 heavy (non-hydrogen) atoms. The van der Waals surface area contributed by atoms with Gasteiger partial charge >= 0.3 is 21.7 Å². The number of nitrogens with zero attached hydrogens (tertiary/aromatic N) is 2. The van der Waals surface area contributed by atoms with E-state index in [1.807, 2.05) is 86.6 Å². The zero-order valence-corrected chi connectivity index (χ0v) is 37.0. The summed E-state index contributed by atoms with van der Waals surface area (Å²) in [4.78, 5) is 53.1. The van der Waals surface area contributed by atoms with Gasteiger partial charge in [0.1, 0.15) is 0 Å². The molecule has 0 unspecified atom stereocenters. The van der Waals surface area contributed by atoms with Gasteiger partial charge in [0.05, 0.1) is 13.1 Å². The van der Waals surface area contributed by atoms with Crippen molar-refractivity contribution in [3.8, 4) is 0 Å². The number of hydrogen-bond donors (Lipinski definition) is 0. The van der Waals surface area contributed by atoms with E-state index in [0.29, 0.717) is 11.1 Å². The van der Waals surface area contributed by atoms with Crippen LogP contribution in [0.15, 0.2) is 194 Å². The molecule has 0 N–H and O–H groups in total. The van der Waals surface area contributed by atoms with Crippen molar-refractivity contribution < 1.29 is 58.5 Å². The number of hydrogen-bond acceptors (Lipinski definition) is 4. The average Bonchev–Trinajstić information content (AvgIpc) is 4.10. The van der Waals surface area contributed by atoms with E-state index in [4.69, 9.17) is 0 Å². The first-order valence-electron chi connectivity index (χ1n) is 19.9. The molecular formula is C54H42F4N2O4Ti. The topological polar surface area (TPSA) is 74.8 Å². The fraction of sp³-hybridized carbons (Fsp3) is 0.0741. The summed E-state index contributed by atoms with van der Waals surface area (Å²) in [5.41, 5.74) is 2.95. The van der Waals surface area contributed by atoms with E-state index in [1.165, 1.54) is 0 Å². The molecule has 0 fully saturated rings. The van der Waals surface area contributed by atoms with E-state index < -0.39 is 35.1 Å². The van der Waals surface area contributed by atoms with Gasteiger partial charge in [0, 0.05) is 45.5 Å². The second-order valence-electron chi connectivity index (χ2n) is 14.0. The maximum Gasteiger partial charge on any atom is 4.00 e. The quantitative estimate of drug-likeness (QED) is 0.0593. The van der Waals surface area contributed by atoms with Crippen LogP contribution in [0.4, 0.5) is 28.9 Å². The Balaban J connectivity index is 0.000000230. The molecule has 0 bridgehead atoms. The van der Waals surface area contributed by atoms with E-state index in [1.54, 1.807) is 109 Å². The van der Waals surface area contributed by atoms with Crippen molar-refractivity contribution in [1.82, 2.24) is 0 Å². The molecule has 0 saturated heterocycles. The van der Waals surface area contributed by atoms with Crippen LogP contribution in [0, 0.1) is 49.2 Å². The summed E-state index contributed by atoms with van der Waals surface area (Å²) in [5.74, 6) is -5.66. The molecule has 2 amide bonds. The molecule has 8 aromatic carbocycles. The van der Waals surface area contributed by atoms with Crippen LogP contribution < -0.4 is 9.80 Å². The number of halogens is 4. The molecule has 324 valence electrons. The molecule has 0 heterocycles. The second-order valence-corrected chi connectivity index (χ2v) is 14.0. The Bertz CT molecular complexity index is 2470. The van der Waals surface area contributed by atoms with E-state index in [0.717, 1.165) is 45.2 Å². The molecule has 0 radical (unpaired) electrons. The van der Waals surface area contributed by atoms with Crippen molar-refractivity contribution in [3.63, 3.8) is 0 Å². The number of benzene rings is 6. The fourth-order valence-electron chi connectivity index (χ4n) is 5.88. The van der Waals surface area contributed by atoms with Crippen molar-refractivity contribution in [2.75, 3.05) is 22.9 Å². The molecule has 0 spiro atoms. The minimum Gasteiger partial charge on any atom is -0.352 e. The molecule has 0 aliphatic rings. The summed E-state index contributed by atoms with van der Waals surface area (Å²) in [7, 11) is 0. The molecular weight excluding hydrogens is 864 g/mol. The first-order valence-corrected chi connectivity index (χ1v) is 19.9. The Kier molecular flexibility index (Phi) is 20.0. The summed E-state index contributed by atoms with van der Waals surface area (Å²) >= 11 is 0. The van der Waals surface area contributed by atoms with Gasteiger partial charge in [-0.3, -0.25) is 19.2 Å². The molecule has 8 aromatic rings. The number of rotatable bonds is 10. The first kappa shape index (κ1) is 50.4. The maximum atomic E-state index is 14.3. The molecule has 6 nitrogen and oxygen atoms in total. The van der Waals surface area contributed by atoms with Crippen molar-refractivity contribution in [2.24, 2.45) is 0 Å². The summed E-state index contributed by atoms with van der Waals surface area (Å²) in [6.07, 6.45) is 0. The van der Waals surface area contributed by atoms with Gasteiger partial charge in [-0.1, -0.05) is 96.1 Å². The largest absolute Gasteiger partial charge is 4.00 e. The van der Waals surface area contributed by atoms with Crippen LogP contribution in [0.3, 0.4) is 0 Å².